The lowest BCUT2D eigenvalue weighted by atomic mass is 9.99. The Bertz CT molecular complexity index is 1110. The van der Waals surface area contributed by atoms with E-state index in [0.717, 1.165) is 16.4 Å². The number of aliphatic carboxylic acids is 1. The quantitative estimate of drug-likeness (QED) is 0.118. The molecule has 1 aromatic heterocycles. The largest absolute Gasteiger partial charge is 0.543 e. The Labute approximate surface area is 208 Å². The van der Waals surface area contributed by atoms with Gasteiger partial charge in [0, 0.05) is 29.3 Å². The average Bonchev–Trinajstić information content (AvgIpc) is 3.23. The van der Waals surface area contributed by atoms with Crippen molar-refractivity contribution < 1.29 is 39.0 Å². The summed E-state index contributed by atoms with van der Waals surface area (Å²) in [6.45, 7) is 1.07. The number of carboxylic acid groups (broad SMARTS) is 1. The summed E-state index contributed by atoms with van der Waals surface area (Å²) in [6, 6.07) is -1.00. The number of likely N-dealkylation sites (N-methyl/N-ethyl adjacent to an activating group) is 1. The van der Waals surface area contributed by atoms with Crippen molar-refractivity contribution in [2.24, 2.45) is 5.16 Å². The fraction of sp³-hybridized carbons (Fsp3) is 0.579. The first-order valence-electron chi connectivity index (χ1n) is 10.6. The number of thioether (sulfide) groups is 1. The first kappa shape index (κ1) is 25.3. The van der Waals surface area contributed by atoms with Gasteiger partial charge in [0.05, 0.1) is 31.4 Å². The van der Waals surface area contributed by atoms with Gasteiger partial charge in [0.15, 0.2) is 5.13 Å². The summed E-state index contributed by atoms with van der Waals surface area (Å²) in [7, 11) is 3.10. The monoisotopic (exact) mass is 527 g/mol. The second-order valence-corrected chi connectivity index (χ2v) is 10.7. The third-order valence-electron chi connectivity index (χ3n) is 6.19. The maximum atomic E-state index is 13.0. The topological polar surface area (TPSA) is 203 Å². The molecule has 2 saturated heterocycles. The summed E-state index contributed by atoms with van der Waals surface area (Å²) >= 11 is 2.17. The number of nitrogens with one attached hydrogen (secondary N) is 1. The summed E-state index contributed by atoms with van der Waals surface area (Å²) < 4.78 is 4.25. The number of hydrogen-bond donors (Lipinski definition) is 4. The Kier molecular flexibility index (Phi) is 7.01. The molecule has 3 aliphatic heterocycles. The summed E-state index contributed by atoms with van der Waals surface area (Å²) in [5, 5.41) is 37.6. The number of aliphatic hydroxyl groups is 2. The maximum absolute atomic E-state index is 13.0. The highest BCUT2D eigenvalue weighted by Crippen LogP contribution is 2.41. The van der Waals surface area contributed by atoms with Crippen LogP contribution >= 0.6 is 23.3 Å². The molecule has 4 heterocycles. The third-order valence-corrected chi connectivity index (χ3v) is 8.07. The molecule has 0 spiro atoms. The molecule has 1 aromatic rings. The van der Waals surface area contributed by atoms with Crippen LogP contribution in [0.5, 0.6) is 0 Å². The molecule has 4 rings (SSSR count). The number of nitrogen functional groups attached to an aromatic ring is 1. The Morgan fingerprint density at radius 2 is 2.14 bits per heavy atom. The lowest BCUT2D eigenvalue weighted by Crippen LogP contribution is -2.72. The van der Waals surface area contributed by atoms with Gasteiger partial charge in [-0.15, -0.1) is 11.8 Å². The number of fused-ring (bicyclic) bond motifs is 1. The van der Waals surface area contributed by atoms with Gasteiger partial charge in [-0.25, -0.2) is 0 Å². The number of likely N-dealkylation sites (tertiary alicyclic amines) is 1. The molecule has 0 aromatic carbocycles. The number of hydrogen-bond acceptors (Lipinski definition) is 13. The highest BCUT2D eigenvalue weighted by atomic mass is 32.2. The molecule has 14 nitrogen and oxygen atoms in total. The van der Waals surface area contributed by atoms with Crippen molar-refractivity contribution in [2.45, 2.75) is 30.0 Å². The Hall–Kier alpha value is -2.79. The number of carbonyl (C=O) groups is 3. The van der Waals surface area contributed by atoms with Crippen LogP contribution in [0.25, 0.3) is 0 Å². The molecule has 0 aliphatic carbocycles. The van der Waals surface area contributed by atoms with E-state index in [1.807, 2.05) is 7.05 Å². The normalized spacial score (nSPS) is 31.0. The number of rotatable bonds is 7. The number of nitrogens with two attached hydrogens (primary N) is 1. The predicted octanol–water partition coefficient (Wildman–Crippen LogP) is -3.55. The van der Waals surface area contributed by atoms with Crippen LogP contribution in [-0.4, -0.2) is 116 Å². The fourth-order valence-electron chi connectivity index (χ4n) is 4.51. The number of carbonyl (C=O) groups excluding carboxylic acids is 3. The van der Waals surface area contributed by atoms with Gasteiger partial charge in [0.1, 0.15) is 37.7 Å². The number of aliphatic hydroxyl groups excluding tert-OH is 2. The molecular formula is C19H25N7O7S2. The van der Waals surface area contributed by atoms with E-state index in [1.54, 1.807) is 0 Å². The van der Waals surface area contributed by atoms with Crippen molar-refractivity contribution in [1.82, 2.24) is 19.6 Å². The smallest absolute Gasteiger partial charge is 0.278 e. The number of aromatic nitrogens is 2. The molecular weight excluding hydrogens is 502 g/mol. The molecule has 3 aliphatic rings. The van der Waals surface area contributed by atoms with Gasteiger partial charge in [0.25, 0.3) is 11.8 Å². The zero-order chi connectivity index (χ0) is 25.5. The maximum Gasteiger partial charge on any atom is 0.278 e. The third kappa shape index (κ3) is 4.84. The van der Waals surface area contributed by atoms with E-state index in [4.69, 9.17) is 10.6 Å². The predicted molar refractivity (Wildman–Crippen MR) is 122 cm³/mol. The number of piperidine rings is 1. The number of nitrogens with zero attached hydrogens (tertiary/aromatic N) is 5. The minimum atomic E-state index is -1.49. The second kappa shape index (κ2) is 9.69. The number of β-lactam (4-membered cyclic amide) rings is 1. The van der Waals surface area contributed by atoms with Gasteiger partial charge in [-0.3, -0.25) is 14.5 Å². The highest BCUT2D eigenvalue weighted by molar-refractivity contribution is 8.00. The lowest BCUT2D eigenvalue weighted by molar-refractivity contribution is -0.914. The summed E-state index contributed by atoms with van der Waals surface area (Å²) in [6.07, 6.45) is -1.35. The van der Waals surface area contributed by atoms with E-state index >= 15 is 0 Å². The van der Waals surface area contributed by atoms with E-state index < -0.39 is 41.4 Å². The molecule has 2 amide bonds. The SMILES string of the molecule is CO/N=C(\C(=O)NC1C(=O)N2C(C(=O)[O-])=C(C[N+]3(C)CC[C@@H](O)[C@H](O)C3)CS[C@H]12)c1nsc(N)n1. The number of oxime groups is 1. The molecule has 5 atom stereocenters. The lowest BCUT2D eigenvalue weighted by Gasteiger charge is -2.51. The molecule has 190 valence electrons. The van der Waals surface area contributed by atoms with Crippen LogP contribution in [0.15, 0.2) is 16.4 Å². The van der Waals surface area contributed by atoms with Crippen molar-refractivity contribution in [2.75, 3.05) is 45.3 Å². The zero-order valence-corrected chi connectivity index (χ0v) is 20.5. The van der Waals surface area contributed by atoms with Crippen molar-refractivity contribution in [3.63, 3.8) is 0 Å². The number of quaternary nitrogens is 1. The second-order valence-electron chi connectivity index (χ2n) is 8.79. The minimum absolute atomic E-state index is 0.0600. The van der Waals surface area contributed by atoms with Gasteiger partial charge >= 0.3 is 0 Å². The van der Waals surface area contributed by atoms with Crippen LogP contribution in [0.1, 0.15) is 12.2 Å². The number of amides is 2. The molecule has 35 heavy (non-hydrogen) atoms. The molecule has 0 bridgehead atoms. The van der Waals surface area contributed by atoms with Gasteiger partial charge in [-0.05, 0) is 0 Å². The highest BCUT2D eigenvalue weighted by Gasteiger charge is 2.54. The molecule has 0 saturated carbocycles. The molecule has 0 radical (unpaired) electrons. The van der Waals surface area contributed by atoms with Gasteiger partial charge in [0.2, 0.25) is 11.5 Å². The van der Waals surface area contributed by atoms with Crippen molar-refractivity contribution >= 4 is 51.9 Å². The van der Waals surface area contributed by atoms with Crippen LogP contribution in [0, 0.1) is 0 Å². The minimum Gasteiger partial charge on any atom is -0.543 e. The molecule has 2 unspecified atom stereocenters. The Morgan fingerprint density at radius 3 is 2.74 bits per heavy atom. The fourth-order valence-corrected chi connectivity index (χ4v) is 6.28. The van der Waals surface area contributed by atoms with Crippen LogP contribution < -0.4 is 16.2 Å². The van der Waals surface area contributed by atoms with Gasteiger partial charge in [-0.1, -0.05) is 5.16 Å². The first-order chi connectivity index (χ1) is 16.5. The van der Waals surface area contributed by atoms with Crippen molar-refractivity contribution in [3.8, 4) is 0 Å². The Balaban J connectivity index is 1.51. The summed E-state index contributed by atoms with van der Waals surface area (Å²) in [5.74, 6) is -2.63. The van der Waals surface area contributed by atoms with E-state index in [2.05, 4.69) is 19.8 Å². The number of anilines is 1. The van der Waals surface area contributed by atoms with Gasteiger partial charge < -0.3 is 40.5 Å². The number of carboxylic acids is 1. The van der Waals surface area contributed by atoms with Gasteiger partial charge in [-0.2, -0.15) is 9.36 Å². The van der Waals surface area contributed by atoms with Crippen LogP contribution in [0.2, 0.25) is 0 Å². The standard InChI is InChI=1S/C19H25N7O7S2/c1-26(4-3-9(27)10(28)6-26)5-8-7-34-17-12(16(30)25(17)13(8)18(31)32)21-15(29)11(23-33-2)14-22-19(20)35-24-14/h9-10,12,17,27-28H,3-7H2,1-2H3,(H3-,20,21,22,24,29,31,32)/b23-11-/t9-,10-,12?,17-,26?/m1/s1. The summed E-state index contributed by atoms with van der Waals surface area (Å²) in [4.78, 5) is 47.5. The van der Waals surface area contributed by atoms with Crippen LogP contribution in [0.4, 0.5) is 5.13 Å². The molecule has 16 heteroatoms. The molecule has 2 fully saturated rings. The van der Waals surface area contributed by atoms with Crippen molar-refractivity contribution in [1.29, 1.82) is 0 Å². The Morgan fingerprint density at radius 1 is 1.40 bits per heavy atom. The summed E-state index contributed by atoms with van der Waals surface area (Å²) in [5.41, 5.74) is 5.58. The zero-order valence-electron chi connectivity index (χ0n) is 18.9. The van der Waals surface area contributed by atoms with E-state index in [-0.39, 0.29) is 35.5 Å². The molecule has 5 N–H and O–H groups in total. The van der Waals surface area contributed by atoms with E-state index in [9.17, 15) is 29.7 Å². The van der Waals surface area contributed by atoms with Crippen LogP contribution in [0.3, 0.4) is 0 Å². The van der Waals surface area contributed by atoms with Crippen LogP contribution in [-0.2, 0) is 19.2 Å². The average molecular weight is 528 g/mol. The first-order valence-corrected chi connectivity index (χ1v) is 12.5. The van der Waals surface area contributed by atoms with Crippen molar-refractivity contribution in [3.05, 3.63) is 17.1 Å². The van der Waals surface area contributed by atoms with E-state index in [0.29, 0.717) is 28.8 Å². The van der Waals surface area contributed by atoms with E-state index in [1.165, 1.54) is 18.9 Å².